The van der Waals surface area contributed by atoms with Crippen LogP contribution in [0.4, 0.5) is 0 Å². The van der Waals surface area contributed by atoms with Crippen molar-refractivity contribution in [3.05, 3.63) is 12.2 Å². The van der Waals surface area contributed by atoms with E-state index in [9.17, 15) is 9.90 Å². The zero-order valence-electron chi connectivity index (χ0n) is 8.78. The van der Waals surface area contributed by atoms with Crippen LogP contribution < -0.4 is 0 Å². The van der Waals surface area contributed by atoms with Crippen LogP contribution in [0.25, 0.3) is 0 Å². The predicted octanol–water partition coefficient (Wildman–Crippen LogP) is 0.788. The zero-order valence-corrected chi connectivity index (χ0v) is 8.78. The third kappa shape index (κ3) is 2.38. The van der Waals surface area contributed by atoms with Crippen LogP contribution in [0.1, 0.15) is 25.7 Å². The average molecular weight is 214 g/mol. The maximum Gasteiger partial charge on any atom is 0.331 e. The van der Waals surface area contributed by atoms with E-state index in [4.69, 9.17) is 10.2 Å². The van der Waals surface area contributed by atoms with Gasteiger partial charge in [-0.05, 0) is 31.6 Å². The molecule has 0 unspecified atom stereocenters. The second kappa shape index (κ2) is 4.77. The number of aliphatic hydroxyl groups is 2. The van der Waals surface area contributed by atoms with Crippen molar-refractivity contribution < 1.29 is 20.1 Å². The topological polar surface area (TPSA) is 77.8 Å². The Kier molecular flexibility index (Phi) is 3.88. The summed E-state index contributed by atoms with van der Waals surface area (Å²) in [7, 11) is 0. The highest BCUT2D eigenvalue weighted by Crippen LogP contribution is 2.43. The van der Waals surface area contributed by atoms with Crippen LogP contribution in [0.5, 0.6) is 0 Å². The standard InChI is InChI=1S/C11H18O4/c1-8(10(14)15)11(7-13)4-2-9(6-12)3-5-11/h9,12-13H,1-7H2,(H,14,15). The number of hydrogen-bond acceptors (Lipinski definition) is 3. The normalized spacial score (nSPS) is 31.2. The number of rotatable bonds is 4. The lowest BCUT2D eigenvalue weighted by atomic mass is 9.67. The van der Waals surface area contributed by atoms with Gasteiger partial charge in [0.25, 0.3) is 0 Å². The third-order valence-electron chi connectivity index (χ3n) is 3.52. The van der Waals surface area contributed by atoms with E-state index in [0.717, 1.165) is 12.8 Å². The van der Waals surface area contributed by atoms with Crippen LogP contribution in [0.3, 0.4) is 0 Å². The molecule has 0 heterocycles. The van der Waals surface area contributed by atoms with Gasteiger partial charge >= 0.3 is 5.97 Å². The van der Waals surface area contributed by atoms with Gasteiger partial charge in [0.2, 0.25) is 0 Å². The summed E-state index contributed by atoms with van der Waals surface area (Å²) in [4.78, 5) is 10.9. The molecule has 0 atom stereocenters. The van der Waals surface area contributed by atoms with Crippen molar-refractivity contribution in [2.75, 3.05) is 13.2 Å². The molecule has 1 fully saturated rings. The molecule has 86 valence electrons. The molecule has 1 aliphatic carbocycles. The SMILES string of the molecule is C=C(C(=O)O)C1(CO)CCC(CO)CC1. The van der Waals surface area contributed by atoms with Gasteiger partial charge in [0.15, 0.2) is 0 Å². The Bertz CT molecular complexity index is 251. The fourth-order valence-corrected chi connectivity index (χ4v) is 2.19. The smallest absolute Gasteiger partial charge is 0.331 e. The lowest BCUT2D eigenvalue weighted by Gasteiger charge is -2.38. The quantitative estimate of drug-likeness (QED) is 0.604. The van der Waals surface area contributed by atoms with Gasteiger partial charge in [-0.25, -0.2) is 4.79 Å². The van der Waals surface area contributed by atoms with Crippen molar-refractivity contribution in [2.45, 2.75) is 25.7 Å². The minimum Gasteiger partial charge on any atom is -0.478 e. The fourth-order valence-electron chi connectivity index (χ4n) is 2.19. The molecule has 0 aromatic carbocycles. The summed E-state index contributed by atoms with van der Waals surface area (Å²) in [5, 5.41) is 27.2. The van der Waals surface area contributed by atoms with E-state index in [0.29, 0.717) is 12.8 Å². The number of carboxylic acids is 1. The number of aliphatic hydroxyl groups excluding tert-OH is 2. The summed E-state index contributed by atoms with van der Waals surface area (Å²) in [6.07, 6.45) is 2.70. The Labute approximate surface area is 89.2 Å². The monoisotopic (exact) mass is 214 g/mol. The molecule has 0 bridgehead atoms. The van der Waals surface area contributed by atoms with E-state index in [1.54, 1.807) is 0 Å². The average Bonchev–Trinajstić information content (AvgIpc) is 2.28. The fraction of sp³-hybridized carbons (Fsp3) is 0.727. The van der Waals surface area contributed by atoms with Crippen LogP contribution in [0.15, 0.2) is 12.2 Å². The largest absolute Gasteiger partial charge is 0.478 e. The first-order valence-corrected chi connectivity index (χ1v) is 5.20. The minimum atomic E-state index is -1.04. The van der Waals surface area contributed by atoms with Crippen LogP contribution in [-0.2, 0) is 4.79 Å². The van der Waals surface area contributed by atoms with Crippen molar-refractivity contribution in [2.24, 2.45) is 11.3 Å². The molecular weight excluding hydrogens is 196 g/mol. The number of carbonyl (C=O) groups is 1. The van der Waals surface area contributed by atoms with E-state index in [1.807, 2.05) is 0 Å². The summed E-state index contributed by atoms with van der Waals surface area (Å²) in [6, 6.07) is 0. The van der Waals surface area contributed by atoms with E-state index in [1.165, 1.54) is 0 Å². The van der Waals surface area contributed by atoms with Gasteiger partial charge in [-0.15, -0.1) is 0 Å². The van der Waals surface area contributed by atoms with Crippen LogP contribution in [-0.4, -0.2) is 34.5 Å². The van der Waals surface area contributed by atoms with Crippen LogP contribution >= 0.6 is 0 Å². The lowest BCUT2D eigenvalue weighted by Crippen LogP contribution is -2.36. The molecular formula is C11H18O4. The van der Waals surface area contributed by atoms with E-state index in [2.05, 4.69) is 6.58 Å². The lowest BCUT2D eigenvalue weighted by molar-refractivity contribution is -0.134. The summed E-state index contributed by atoms with van der Waals surface area (Å²) >= 11 is 0. The molecule has 3 N–H and O–H groups in total. The zero-order chi connectivity index (χ0) is 11.5. The maximum absolute atomic E-state index is 10.9. The van der Waals surface area contributed by atoms with Crippen molar-refractivity contribution in [3.63, 3.8) is 0 Å². The molecule has 0 amide bonds. The van der Waals surface area contributed by atoms with Crippen molar-refractivity contribution >= 4 is 5.97 Å². The van der Waals surface area contributed by atoms with Gasteiger partial charge in [0, 0.05) is 17.6 Å². The Hall–Kier alpha value is -0.870. The van der Waals surface area contributed by atoms with Gasteiger partial charge in [-0.1, -0.05) is 6.58 Å². The number of aliphatic carboxylic acids is 1. The summed E-state index contributed by atoms with van der Waals surface area (Å²) in [5.74, 6) is -0.794. The third-order valence-corrected chi connectivity index (χ3v) is 3.52. The number of carboxylic acid groups (broad SMARTS) is 1. The second-order valence-electron chi connectivity index (χ2n) is 4.35. The van der Waals surface area contributed by atoms with E-state index < -0.39 is 11.4 Å². The Balaban J connectivity index is 2.72. The molecule has 4 heteroatoms. The Morgan fingerprint density at radius 3 is 2.20 bits per heavy atom. The predicted molar refractivity (Wildman–Crippen MR) is 55.3 cm³/mol. The molecule has 0 radical (unpaired) electrons. The molecule has 1 rings (SSSR count). The summed E-state index contributed by atoms with van der Waals surface area (Å²) in [6.45, 7) is 3.52. The molecule has 0 aromatic rings. The molecule has 1 saturated carbocycles. The Morgan fingerprint density at radius 2 is 1.87 bits per heavy atom. The molecule has 1 aliphatic rings. The first kappa shape index (κ1) is 12.2. The maximum atomic E-state index is 10.9. The van der Waals surface area contributed by atoms with Gasteiger partial charge < -0.3 is 15.3 Å². The molecule has 15 heavy (non-hydrogen) atoms. The molecule has 0 saturated heterocycles. The van der Waals surface area contributed by atoms with Gasteiger partial charge in [-0.2, -0.15) is 0 Å². The van der Waals surface area contributed by atoms with E-state index in [-0.39, 0.29) is 24.7 Å². The van der Waals surface area contributed by atoms with Crippen LogP contribution in [0.2, 0.25) is 0 Å². The highest BCUT2D eigenvalue weighted by molar-refractivity contribution is 5.87. The van der Waals surface area contributed by atoms with Gasteiger partial charge in [0.05, 0.1) is 6.61 Å². The second-order valence-corrected chi connectivity index (χ2v) is 4.35. The van der Waals surface area contributed by atoms with Crippen molar-refractivity contribution in [1.29, 1.82) is 0 Å². The highest BCUT2D eigenvalue weighted by Gasteiger charge is 2.39. The molecule has 4 nitrogen and oxygen atoms in total. The first-order valence-electron chi connectivity index (χ1n) is 5.20. The number of hydrogen-bond donors (Lipinski definition) is 3. The summed E-state index contributed by atoms with van der Waals surface area (Å²) in [5.41, 5.74) is -0.571. The first-order chi connectivity index (χ1) is 7.05. The van der Waals surface area contributed by atoms with Crippen LogP contribution in [0, 0.1) is 11.3 Å². The Morgan fingerprint density at radius 1 is 1.33 bits per heavy atom. The molecule has 0 aromatic heterocycles. The van der Waals surface area contributed by atoms with Crippen molar-refractivity contribution in [3.8, 4) is 0 Å². The van der Waals surface area contributed by atoms with Crippen molar-refractivity contribution in [1.82, 2.24) is 0 Å². The minimum absolute atomic E-state index is 0.0985. The van der Waals surface area contributed by atoms with Gasteiger partial charge in [0.1, 0.15) is 0 Å². The summed E-state index contributed by atoms with van der Waals surface area (Å²) < 4.78 is 0. The molecule has 0 spiro atoms. The van der Waals surface area contributed by atoms with Gasteiger partial charge in [-0.3, -0.25) is 0 Å². The molecule has 0 aliphatic heterocycles. The highest BCUT2D eigenvalue weighted by atomic mass is 16.4. The van der Waals surface area contributed by atoms with E-state index >= 15 is 0 Å².